The molecule has 0 aliphatic carbocycles. The van der Waals surface area contributed by atoms with Gasteiger partial charge in [-0.2, -0.15) is 0 Å². The lowest BCUT2D eigenvalue weighted by Crippen LogP contribution is -2.24. The van der Waals surface area contributed by atoms with Crippen LogP contribution in [0.15, 0.2) is 18.2 Å². The van der Waals surface area contributed by atoms with Gasteiger partial charge in [0.2, 0.25) is 0 Å². The van der Waals surface area contributed by atoms with E-state index in [1.54, 1.807) is 0 Å². The third-order valence-corrected chi connectivity index (χ3v) is 2.15. The van der Waals surface area contributed by atoms with Crippen LogP contribution in [0.5, 0.6) is 0 Å². The van der Waals surface area contributed by atoms with Crippen molar-refractivity contribution in [1.82, 2.24) is 5.32 Å². The molecule has 1 amide bonds. The molecule has 1 aromatic rings. The molecule has 4 N–H and O–H groups in total. The standard InChI is InChI=1S/C10H14N4O3/c1-2-5-12-10(15)7-3-4-8(13-11)9(6-7)14(16)17/h3-4,6,13H,2,5,11H2,1H3,(H,12,15). The van der Waals surface area contributed by atoms with Crippen molar-refractivity contribution in [3.05, 3.63) is 33.9 Å². The van der Waals surface area contributed by atoms with Crippen molar-refractivity contribution >= 4 is 17.3 Å². The van der Waals surface area contributed by atoms with Crippen molar-refractivity contribution in [2.75, 3.05) is 12.0 Å². The quantitative estimate of drug-likeness (QED) is 0.403. The van der Waals surface area contributed by atoms with E-state index in [2.05, 4.69) is 10.7 Å². The van der Waals surface area contributed by atoms with E-state index < -0.39 is 4.92 Å². The SMILES string of the molecule is CCCNC(=O)c1ccc(NN)c([N+](=O)[O-])c1. The van der Waals surface area contributed by atoms with Gasteiger partial charge >= 0.3 is 0 Å². The molecule has 1 aromatic carbocycles. The Morgan fingerprint density at radius 3 is 2.76 bits per heavy atom. The van der Waals surface area contributed by atoms with Crippen LogP contribution in [0.4, 0.5) is 11.4 Å². The Kier molecular flexibility index (Phi) is 4.41. The van der Waals surface area contributed by atoms with Crippen molar-refractivity contribution in [2.24, 2.45) is 5.84 Å². The van der Waals surface area contributed by atoms with Gasteiger partial charge in [-0.15, -0.1) is 0 Å². The van der Waals surface area contributed by atoms with Crippen molar-refractivity contribution in [2.45, 2.75) is 13.3 Å². The fourth-order valence-corrected chi connectivity index (χ4v) is 1.29. The number of nitrogens with one attached hydrogen (secondary N) is 2. The lowest BCUT2D eigenvalue weighted by molar-refractivity contribution is -0.384. The predicted molar refractivity (Wildman–Crippen MR) is 63.5 cm³/mol. The zero-order valence-electron chi connectivity index (χ0n) is 9.40. The minimum atomic E-state index is -0.591. The normalized spacial score (nSPS) is 9.76. The number of nitro benzene ring substituents is 1. The molecule has 0 saturated carbocycles. The van der Waals surface area contributed by atoms with E-state index in [4.69, 9.17) is 5.84 Å². The van der Waals surface area contributed by atoms with Gasteiger partial charge in [-0.1, -0.05) is 6.92 Å². The van der Waals surface area contributed by atoms with Crippen molar-refractivity contribution in [3.8, 4) is 0 Å². The molecule has 0 saturated heterocycles. The zero-order chi connectivity index (χ0) is 12.8. The van der Waals surface area contributed by atoms with Crippen LogP contribution >= 0.6 is 0 Å². The molecule has 1 rings (SSSR count). The maximum absolute atomic E-state index is 11.6. The molecular weight excluding hydrogens is 224 g/mol. The van der Waals surface area contributed by atoms with E-state index in [0.29, 0.717) is 6.54 Å². The van der Waals surface area contributed by atoms with Gasteiger partial charge in [0.1, 0.15) is 5.69 Å². The van der Waals surface area contributed by atoms with Gasteiger partial charge in [0.05, 0.1) is 4.92 Å². The minimum absolute atomic E-state index is 0.169. The van der Waals surface area contributed by atoms with Gasteiger partial charge in [0.15, 0.2) is 0 Å². The first-order valence-electron chi connectivity index (χ1n) is 5.13. The number of nitrogens with two attached hydrogens (primary N) is 1. The summed E-state index contributed by atoms with van der Waals surface area (Å²) >= 11 is 0. The molecule has 0 fully saturated rings. The van der Waals surface area contributed by atoms with E-state index in [1.165, 1.54) is 18.2 Å². The van der Waals surface area contributed by atoms with Crippen LogP contribution < -0.4 is 16.6 Å². The Balaban J connectivity index is 2.99. The first-order valence-corrected chi connectivity index (χ1v) is 5.13. The van der Waals surface area contributed by atoms with Crippen molar-refractivity contribution in [3.63, 3.8) is 0 Å². The summed E-state index contributed by atoms with van der Waals surface area (Å²) in [5, 5.41) is 13.4. The van der Waals surface area contributed by atoms with Crippen LogP contribution in [0.3, 0.4) is 0 Å². The molecule has 0 bridgehead atoms. The summed E-state index contributed by atoms with van der Waals surface area (Å²) in [6.07, 6.45) is 0.802. The first kappa shape index (κ1) is 12.9. The average molecular weight is 238 g/mol. The Morgan fingerprint density at radius 2 is 2.24 bits per heavy atom. The number of nitrogen functional groups attached to an aromatic ring is 1. The number of carbonyl (C=O) groups is 1. The summed E-state index contributed by atoms with van der Waals surface area (Å²) in [6, 6.07) is 4.08. The smallest absolute Gasteiger partial charge is 0.294 e. The van der Waals surface area contributed by atoms with Crippen molar-refractivity contribution in [1.29, 1.82) is 0 Å². The highest BCUT2D eigenvalue weighted by molar-refractivity contribution is 5.95. The van der Waals surface area contributed by atoms with Crippen LogP contribution in [0, 0.1) is 10.1 Å². The number of rotatable bonds is 5. The third kappa shape index (κ3) is 3.15. The van der Waals surface area contributed by atoms with Gasteiger partial charge in [0.25, 0.3) is 11.6 Å². The van der Waals surface area contributed by atoms with Crippen LogP contribution in [-0.2, 0) is 0 Å². The van der Waals surface area contributed by atoms with Crippen LogP contribution in [0.1, 0.15) is 23.7 Å². The second-order valence-electron chi connectivity index (χ2n) is 3.39. The molecule has 0 atom stereocenters. The molecule has 0 aliphatic heterocycles. The highest BCUT2D eigenvalue weighted by Gasteiger charge is 2.16. The van der Waals surface area contributed by atoms with Gasteiger partial charge < -0.3 is 10.7 Å². The molecule has 0 aliphatic rings. The van der Waals surface area contributed by atoms with E-state index in [0.717, 1.165) is 6.42 Å². The highest BCUT2D eigenvalue weighted by Crippen LogP contribution is 2.24. The highest BCUT2D eigenvalue weighted by atomic mass is 16.6. The first-order chi connectivity index (χ1) is 8.10. The summed E-state index contributed by atoms with van der Waals surface area (Å²) < 4.78 is 0. The number of hydrogen-bond donors (Lipinski definition) is 3. The molecule has 0 spiro atoms. The fourth-order valence-electron chi connectivity index (χ4n) is 1.29. The largest absolute Gasteiger partial charge is 0.352 e. The lowest BCUT2D eigenvalue weighted by atomic mass is 10.1. The van der Waals surface area contributed by atoms with Gasteiger partial charge in [-0.25, -0.2) is 0 Å². The second-order valence-corrected chi connectivity index (χ2v) is 3.39. The lowest BCUT2D eigenvalue weighted by Gasteiger charge is -2.05. The molecule has 7 nitrogen and oxygen atoms in total. The molecular formula is C10H14N4O3. The number of nitro groups is 1. The Labute approximate surface area is 98.1 Å². The summed E-state index contributed by atoms with van der Waals surface area (Å²) in [5.74, 6) is 4.81. The van der Waals surface area contributed by atoms with Crippen molar-refractivity contribution < 1.29 is 9.72 Å². The van der Waals surface area contributed by atoms with E-state index in [-0.39, 0.29) is 22.8 Å². The number of hydrogen-bond acceptors (Lipinski definition) is 5. The predicted octanol–water partition coefficient (Wildman–Crippen LogP) is 1.02. The number of benzene rings is 1. The number of nitrogens with zero attached hydrogens (tertiary/aromatic N) is 1. The average Bonchev–Trinajstić information content (AvgIpc) is 2.34. The summed E-state index contributed by atoms with van der Waals surface area (Å²) in [5.41, 5.74) is 2.40. The van der Waals surface area contributed by atoms with Gasteiger partial charge in [-0.05, 0) is 18.6 Å². The Morgan fingerprint density at radius 1 is 1.53 bits per heavy atom. The van der Waals surface area contributed by atoms with Crippen LogP contribution in [-0.4, -0.2) is 17.4 Å². The summed E-state index contributed by atoms with van der Waals surface area (Å²) in [4.78, 5) is 21.7. The fraction of sp³-hybridized carbons (Fsp3) is 0.300. The summed E-state index contributed by atoms with van der Waals surface area (Å²) in [7, 11) is 0. The molecule has 7 heteroatoms. The molecule has 17 heavy (non-hydrogen) atoms. The van der Waals surface area contributed by atoms with Crippen LogP contribution in [0.2, 0.25) is 0 Å². The maximum atomic E-state index is 11.6. The zero-order valence-corrected chi connectivity index (χ0v) is 9.40. The monoisotopic (exact) mass is 238 g/mol. The molecule has 0 radical (unpaired) electrons. The third-order valence-electron chi connectivity index (χ3n) is 2.15. The van der Waals surface area contributed by atoms with E-state index in [1.807, 2.05) is 6.92 Å². The topological polar surface area (TPSA) is 110 Å². The molecule has 92 valence electrons. The van der Waals surface area contributed by atoms with E-state index >= 15 is 0 Å². The number of hydrazine groups is 1. The van der Waals surface area contributed by atoms with Crippen LogP contribution in [0.25, 0.3) is 0 Å². The minimum Gasteiger partial charge on any atom is -0.352 e. The number of carbonyl (C=O) groups excluding carboxylic acids is 1. The Bertz CT molecular complexity index is 434. The summed E-state index contributed by atoms with van der Waals surface area (Å²) in [6.45, 7) is 2.45. The molecule has 0 unspecified atom stereocenters. The number of anilines is 1. The molecule has 0 aromatic heterocycles. The number of amides is 1. The van der Waals surface area contributed by atoms with Gasteiger partial charge in [-0.3, -0.25) is 20.8 Å². The second kappa shape index (κ2) is 5.80. The maximum Gasteiger partial charge on any atom is 0.294 e. The Hall–Kier alpha value is -2.15. The molecule has 0 heterocycles. The van der Waals surface area contributed by atoms with Gasteiger partial charge in [0, 0.05) is 18.2 Å². The van der Waals surface area contributed by atoms with E-state index in [9.17, 15) is 14.9 Å².